The summed E-state index contributed by atoms with van der Waals surface area (Å²) in [5, 5.41) is 16.7. The monoisotopic (exact) mass is 188 g/mol. The fraction of sp³-hybridized carbons (Fsp3) is 0. The standard InChI is InChI=1S/CH2O3.H2O3Se/c2-1(3)4;1-4(2)3/h(H2,2,3,4);(H2,1,2,3)/p-4. The summed E-state index contributed by atoms with van der Waals surface area (Å²) >= 11 is -3.79. The maximum absolute atomic E-state index is 8.54. The van der Waals surface area contributed by atoms with Crippen LogP contribution in [0.15, 0.2) is 0 Å². The number of carbonyl (C=O) groups is 1. The van der Waals surface area contributed by atoms with Crippen LogP contribution in [-0.4, -0.2) is 20.6 Å². The maximum atomic E-state index is 8.54. The van der Waals surface area contributed by atoms with Crippen molar-refractivity contribution in [1.82, 2.24) is 0 Å². The Hall–Kier alpha value is -0.491. The van der Waals surface area contributed by atoms with Gasteiger partial charge in [-0.05, 0) is 6.16 Å². The van der Waals surface area contributed by atoms with Crippen LogP contribution in [0.25, 0.3) is 0 Å². The Morgan fingerprint density at radius 1 is 1.25 bits per heavy atom. The van der Waals surface area contributed by atoms with Crippen LogP contribution in [0, 0.1) is 0 Å². The molecule has 0 aliphatic carbocycles. The van der Waals surface area contributed by atoms with Crippen molar-refractivity contribution in [2.45, 2.75) is 0 Å². The molecule has 0 aromatic carbocycles. The molecule has 0 aliphatic heterocycles. The molecular weight excluding hydrogens is 187 g/mol. The normalized spacial score (nSPS) is 7.38. The summed E-state index contributed by atoms with van der Waals surface area (Å²) in [6.45, 7) is 0. The number of rotatable bonds is 0. The third kappa shape index (κ3) is 466. The Kier molecular flexibility index (Phi) is 8.53. The van der Waals surface area contributed by atoms with Gasteiger partial charge in [0.05, 0.1) is 0 Å². The molecule has 0 atom stereocenters. The second kappa shape index (κ2) is 6.51. The second-order valence-corrected chi connectivity index (χ2v) is 1.31. The summed E-state index contributed by atoms with van der Waals surface area (Å²) < 4.78 is 25.6. The zero-order valence-corrected chi connectivity index (χ0v) is 5.07. The fourth-order valence-electron chi connectivity index (χ4n) is 0. The van der Waals surface area contributed by atoms with Crippen LogP contribution in [0.3, 0.4) is 0 Å². The number of hydrogen-bond donors (Lipinski definition) is 0. The van der Waals surface area contributed by atoms with Gasteiger partial charge in [-0.2, -0.15) is 0 Å². The van der Waals surface area contributed by atoms with Crippen molar-refractivity contribution in [2.24, 2.45) is 0 Å². The molecular formula is CO6Se-4. The van der Waals surface area contributed by atoms with E-state index >= 15 is 0 Å². The first kappa shape index (κ1) is 10.5. The van der Waals surface area contributed by atoms with E-state index in [1.54, 1.807) is 0 Å². The molecule has 0 bridgehead atoms. The SMILES string of the molecule is O=C([O-])[O-].O=[Se]([O-])[O-]. The van der Waals surface area contributed by atoms with Crippen molar-refractivity contribution in [3.8, 4) is 0 Å². The molecule has 0 heterocycles. The van der Waals surface area contributed by atoms with Gasteiger partial charge in [-0.25, -0.2) is 0 Å². The predicted octanol–water partition coefficient (Wildman–Crippen LogP) is -5.32. The summed E-state index contributed by atoms with van der Waals surface area (Å²) in [7, 11) is 0. The van der Waals surface area contributed by atoms with E-state index in [0.717, 1.165) is 0 Å². The second-order valence-electron chi connectivity index (χ2n) is 0.454. The van der Waals surface area contributed by atoms with Gasteiger partial charge in [0, 0.05) is 0 Å². The average Bonchev–Trinajstić information content (AvgIpc) is 1.25. The van der Waals surface area contributed by atoms with Gasteiger partial charge in [-0.15, -0.1) is 0 Å². The zero-order valence-electron chi connectivity index (χ0n) is 3.36. The van der Waals surface area contributed by atoms with Crippen LogP contribution in [0.4, 0.5) is 4.79 Å². The van der Waals surface area contributed by atoms with E-state index in [1.807, 2.05) is 0 Å². The topological polar surface area (TPSA) is 126 Å². The Morgan fingerprint density at radius 2 is 1.25 bits per heavy atom. The minimum absolute atomic E-state index is 2.33. The molecule has 0 unspecified atom stereocenters. The molecule has 0 radical (unpaired) electrons. The number of hydrogen-bond acceptors (Lipinski definition) is 6. The van der Waals surface area contributed by atoms with E-state index < -0.39 is 20.6 Å². The first-order valence-electron chi connectivity index (χ1n) is 1.11. The van der Waals surface area contributed by atoms with E-state index in [2.05, 4.69) is 0 Å². The summed E-state index contributed by atoms with van der Waals surface area (Å²) in [5.41, 5.74) is 0. The first-order chi connectivity index (χ1) is 3.46. The summed E-state index contributed by atoms with van der Waals surface area (Å²) in [5.74, 6) is 0. The third-order valence-corrected chi connectivity index (χ3v) is 0. The van der Waals surface area contributed by atoms with Crippen LogP contribution < -0.4 is 18.6 Å². The summed E-state index contributed by atoms with van der Waals surface area (Å²) in [6, 6.07) is 0. The van der Waals surface area contributed by atoms with Crippen LogP contribution >= 0.6 is 0 Å². The van der Waals surface area contributed by atoms with E-state index in [0.29, 0.717) is 0 Å². The molecule has 0 aromatic rings. The van der Waals surface area contributed by atoms with Gasteiger partial charge in [0.1, 0.15) is 0 Å². The number of carboxylic acid groups (broad SMARTS) is 2. The van der Waals surface area contributed by atoms with Gasteiger partial charge in [0.25, 0.3) is 0 Å². The molecule has 0 aromatic heterocycles. The zero-order chi connectivity index (χ0) is 7.15. The van der Waals surface area contributed by atoms with Crippen molar-refractivity contribution >= 4 is 20.6 Å². The molecule has 7 heteroatoms. The van der Waals surface area contributed by atoms with Gasteiger partial charge in [-0.1, -0.05) is 0 Å². The van der Waals surface area contributed by atoms with Gasteiger partial charge in [0.2, 0.25) is 0 Å². The van der Waals surface area contributed by atoms with Crippen molar-refractivity contribution in [2.75, 3.05) is 0 Å². The first-order valence-corrected chi connectivity index (χ1v) is 3.21. The summed E-state index contributed by atoms with van der Waals surface area (Å²) in [4.78, 5) is 8.33. The van der Waals surface area contributed by atoms with Gasteiger partial charge >= 0.3 is 26.7 Å². The Labute approximate surface area is 48.7 Å². The average molecular weight is 187 g/mol. The Bertz CT molecular complexity index is 66.5. The molecule has 0 saturated heterocycles. The fourth-order valence-corrected chi connectivity index (χ4v) is 0. The molecule has 0 spiro atoms. The van der Waals surface area contributed by atoms with Crippen molar-refractivity contribution in [3.05, 3.63) is 0 Å². The van der Waals surface area contributed by atoms with Crippen molar-refractivity contribution < 1.29 is 27.2 Å². The minimum atomic E-state index is -3.79. The predicted molar refractivity (Wildman–Crippen MR) is 11.8 cm³/mol. The molecule has 0 rings (SSSR count). The molecule has 0 saturated carbocycles. The Morgan fingerprint density at radius 3 is 1.25 bits per heavy atom. The molecule has 0 amide bonds. The quantitative estimate of drug-likeness (QED) is 0.348. The molecule has 50 valence electrons. The molecule has 6 nitrogen and oxygen atoms in total. The van der Waals surface area contributed by atoms with Crippen LogP contribution in [-0.2, 0) is 3.83 Å². The van der Waals surface area contributed by atoms with E-state index in [9.17, 15) is 0 Å². The van der Waals surface area contributed by atoms with Crippen LogP contribution in [0.1, 0.15) is 0 Å². The van der Waals surface area contributed by atoms with Crippen LogP contribution in [0.5, 0.6) is 0 Å². The van der Waals surface area contributed by atoms with Crippen LogP contribution in [0.2, 0.25) is 0 Å². The molecule has 0 fully saturated rings. The van der Waals surface area contributed by atoms with Crippen molar-refractivity contribution in [3.63, 3.8) is 0 Å². The van der Waals surface area contributed by atoms with Gasteiger partial charge in [-0.3, -0.25) is 0 Å². The molecule has 0 aliphatic rings. The van der Waals surface area contributed by atoms with E-state index in [1.165, 1.54) is 0 Å². The third-order valence-electron chi connectivity index (χ3n) is 0. The number of carbonyl (C=O) groups excluding carboxylic acids is 1. The van der Waals surface area contributed by atoms with E-state index in [-0.39, 0.29) is 0 Å². The summed E-state index contributed by atoms with van der Waals surface area (Å²) in [6.07, 6.45) is -2.33. The van der Waals surface area contributed by atoms with Gasteiger partial charge < -0.3 is 15.0 Å². The molecule has 0 N–H and O–H groups in total. The van der Waals surface area contributed by atoms with Gasteiger partial charge in [0.15, 0.2) is 0 Å². The Balaban J connectivity index is 0. The molecule has 8 heavy (non-hydrogen) atoms. The van der Waals surface area contributed by atoms with E-state index in [4.69, 9.17) is 27.2 Å². The van der Waals surface area contributed by atoms with Crippen molar-refractivity contribution in [1.29, 1.82) is 0 Å².